The number of amides is 1. The lowest BCUT2D eigenvalue weighted by molar-refractivity contribution is -0.146. The van der Waals surface area contributed by atoms with Gasteiger partial charge in [-0.05, 0) is 6.42 Å². The van der Waals surface area contributed by atoms with Crippen LogP contribution in [0.4, 0.5) is 0 Å². The zero-order chi connectivity index (χ0) is 10.8. The van der Waals surface area contributed by atoms with Crippen molar-refractivity contribution in [3.05, 3.63) is 18.0 Å². The molecule has 15 heavy (non-hydrogen) atoms. The smallest absolute Gasteiger partial charge is 0.326 e. The van der Waals surface area contributed by atoms with Gasteiger partial charge in [-0.2, -0.15) is 0 Å². The standard InChI is InChI=1S/C9H10N2O4/c12-8-2-1-7(9(13)14)11(8)4-6-3-10-15-5-6/h3,5,7H,1-2,4H2,(H,13,14). The fraction of sp³-hybridized carbons (Fsp3) is 0.444. The van der Waals surface area contributed by atoms with Crippen LogP contribution in [-0.4, -0.2) is 33.1 Å². The van der Waals surface area contributed by atoms with Gasteiger partial charge in [-0.25, -0.2) is 4.79 Å². The molecule has 1 aromatic heterocycles. The van der Waals surface area contributed by atoms with Crippen molar-refractivity contribution in [3.8, 4) is 0 Å². The average Bonchev–Trinajstić information content (AvgIpc) is 2.78. The van der Waals surface area contributed by atoms with E-state index >= 15 is 0 Å². The molecule has 6 nitrogen and oxygen atoms in total. The number of carbonyl (C=O) groups is 2. The third-order valence-electron chi connectivity index (χ3n) is 2.45. The number of hydrogen-bond acceptors (Lipinski definition) is 4. The lowest BCUT2D eigenvalue weighted by atomic mass is 10.2. The van der Waals surface area contributed by atoms with Gasteiger partial charge in [-0.3, -0.25) is 4.79 Å². The molecule has 1 aliphatic heterocycles. The monoisotopic (exact) mass is 210 g/mol. The maximum atomic E-state index is 11.4. The molecule has 80 valence electrons. The van der Waals surface area contributed by atoms with E-state index in [1.807, 2.05) is 0 Å². The molecule has 0 aliphatic carbocycles. The Balaban J connectivity index is 2.11. The molecule has 6 heteroatoms. The van der Waals surface area contributed by atoms with E-state index in [9.17, 15) is 9.59 Å². The summed E-state index contributed by atoms with van der Waals surface area (Å²) in [7, 11) is 0. The minimum absolute atomic E-state index is 0.136. The van der Waals surface area contributed by atoms with Crippen molar-refractivity contribution in [3.63, 3.8) is 0 Å². The van der Waals surface area contributed by atoms with Gasteiger partial charge in [0, 0.05) is 12.0 Å². The lowest BCUT2D eigenvalue weighted by Crippen LogP contribution is -2.37. The largest absolute Gasteiger partial charge is 0.480 e. The van der Waals surface area contributed by atoms with Crippen molar-refractivity contribution < 1.29 is 19.2 Å². The van der Waals surface area contributed by atoms with E-state index in [0.717, 1.165) is 0 Å². The van der Waals surface area contributed by atoms with Crippen molar-refractivity contribution in [2.75, 3.05) is 0 Å². The Morgan fingerprint density at radius 2 is 2.53 bits per heavy atom. The molecule has 0 radical (unpaired) electrons. The zero-order valence-corrected chi connectivity index (χ0v) is 7.92. The van der Waals surface area contributed by atoms with E-state index in [4.69, 9.17) is 5.11 Å². The molecule has 0 bridgehead atoms. The molecular weight excluding hydrogens is 200 g/mol. The van der Waals surface area contributed by atoms with Crippen LogP contribution in [0.5, 0.6) is 0 Å². The predicted molar refractivity (Wildman–Crippen MR) is 47.7 cm³/mol. The number of rotatable bonds is 3. The fourth-order valence-corrected chi connectivity index (χ4v) is 1.69. The first-order valence-electron chi connectivity index (χ1n) is 4.59. The number of aromatic nitrogens is 1. The highest BCUT2D eigenvalue weighted by Crippen LogP contribution is 2.21. The summed E-state index contributed by atoms with van der Waals surface area (Å²) in [4.78, 5) is 23.6. The maximum absolute atomic E-state index is 11.4. The highest BCUT2D eigenvalue weighted by Gasteiger charge is 2.35. The van der Waals surface area contributed by atoms with Gasteiger partial charge in [-0.1, -0.05) is 5.16 Å². The maximum Gasteiger partial charge on any atom is 0.326 e. The van der Waals surface area contributed by atoms with Gasteiger partial charge in [0.05, 0.1) is 12.7 Å². The minimum Gasteiger partial charge on any atom is -0.480 e. The van der Waals surface area contributed by atoms with Crippen LogP contribution in [0.15, 0.2) is 17.0 Å². The molecule has 0 saturated carbocycles. The van der Waals surface area contributed by atoms with Crippen molar-refractivity contribution >= 4 is 11.9 Å². The first kappa shape index (κ1) is 9.70. The molecule has 1 atom stereocenters. The first-order valence-corrected chi connectivity index (χ1v) is 4.59. The molecule has 1 amide bonds. The van der Waals surface area contributed by atoms with Gasteiger partial charge >= 0.3 is 5.97 Å². The number of carbonyl (C=O) groups excluding carboxylic acids is 1. The lowest BCUT2D eigenvalue weighted by Gasteiger charge is -2.20. The van der Waals surface area contributed by atoms with Crippen molar-refractivity contribution in [1.29, 1.82) is 0 Å². The van der Waals surface area contributed by atoms with E-state index in [0.29, 0.717) is 18.4 Å². The highest BCUT2D eigenvalue weighted by molar-refractivity contribution is 5.87. The normalized spacial score (nSPS) is 20.9. The summed E-state index contributed by atoms with van der Waals surface area (Å²) in [6.07, 6.45) is 3.55. The topological polar surface area (TPSA) is 83.6 Å². The molecule has 1 N–H and O–H groups in total. The Hall–Kier alpha value is -1.85. The number of hydrogen-bond donors (Lipinski definition) is 1. The van der Waals surface area contributed by atoms with Crippen LogP contribution >= 0.6 is 0 Å². The zero-order valence-electron chi connectivity index (χ0n) is 7.92. The van der Waals surface area contributed by atoms with Crippen LogP contribution < -0.4 is 0 Å². The van der Waals surface area contributed by atoms with Gasteiger partial charge in [0.15, 0.2) is 0 Å². The summed E-state index contributed by atoms with van der Waals surface area (Å²) >= 11 is 0. The Morgan fingerprint density at radius 1 is 1.73 bits per heavy atom. The van der Waals surface area contributed by atoms with Crippen LogP contribution in [0, 0.1) is 0 Å². The quantitative estimate of drug-likeness (QED) is 0.773. The van der Waals surface area contributed by atoms with Gasteiger partial charge < -0.3 is 14.5 Å². The molecular formula is C9H10N2O4. The second-order valence-corrected chi connectivity index (χ2v) is 3.45. The number of carboxylic acid groups (broad SMARTS) is 1. The summed E-state index contributed by atoms with van der Waals surface area (Å²) in [5, 5.41) is 12.4. The molecule has 2 rings (SSSR count). The van der Waals surface area contributed by atoms with Gasteiger partial charge in [0.1, 0.15) is 12.3 Å². The predicted octanol–water partition coefficient (Wildman–Crippen LogP) is 0.250. The number of likely N-dealkylation sites (tertiary alicyclic amines) is 1. The fourth-order valence-electron chi connectivity index (χ4n) is 1.69. The SMILES string of the molecule is O=C(O)C1CCC(=O)N1Cc1cnoc1. The first-order chi connectivity index (χ1) is 7.18. The molecule has 1 aliphatic rings. The van der Waals surface area contributed by atoms with Crippen LogP contribution in [0.25, 0.3) is 0 Å². The van der Waals surface area contributed by atoms with Crippen LogP contribution in [0.1, 0.15) is 18.4 Å². The van der Waals surface area contributed by atoms with E-state index < -0.39 is 12.0 Å². The average molecular weight is 210 g/mol. The van der Waals surface area contributed by atoms with E-state index in [1.54, 1.807) is 0 Å². The Morgan fingerprint density at radius 3 is 3.13 bits per heavy atom. The minimum atomic E-state index is -0.961. The van der Waals surface area contributed by atoms with Gasteiger partial charge in [0.25, 0.3) is 0 Å². The Labute approximate surface area is 85.5 Å². The molecule has 1 fully saturated rings. The second-order valence-electron chi connectivity index (χ2n) is 3.45. The van der Waals surface area contributed by atoms with Gasteiger partial charge in [-0.15, -0.1) is 0 Å². The highest BCUT2D eigenvalue weighted by atomic mass is 16.5. The van der Waals surface area contributed by atoms with Crippen molar-refractivity contribution in [2.24, 2.45) is 0 Å². The molecule has 0 aromatic carbocycles. The third kappa shape index (κ3) is 1.83. The number of nitrogens with zero attached hydrogens (tertiary/aromatic N) is 2. The number of aliphatic carboxylic acids is 1. The van der Waals surface area contributed by atoms with E-state index in [2.05, 4.69) is 9.68 Å². The Kier molecular flexibility index (Phi) is 2.40. The van der Waals surface area contributed by atoms with E-state index in [-0.39, 0.29) is 12.5 Å². The Bertz CT molecular complexity index is 373. The van der Waals surface area contributed by atoms with Crippen molar-refractivity contribution in [1.82, 2.24) is 10.1 Å². The van der Waals surface area contributed by atoms with Crippen molar-refractivity contribution in [2.45, 2.75) is 25.4 Å². The third-order valence-corrected chi connectivity index (χ3v) is 2.45. The summed E-state index contributed by atoms with van der Waals surface area (Å²) in [5.41, 5.74) is 0.705. The summed E-state index contributed by atoms with van der Waals surface area (Å²) in [6, 6.07) is -0.715. The van der Waals surface area contributed by atoms with Crippen LogP contribution in [0.2, 0.25) is 0 Å². The summed E-state index contributed by atoms with van der Waals surface area (Å²) in [6.45, 7) is 0.249. The molecule has 1 unspecified atom stereocenters. The molecule has 1 saturated heterocycles. The number of carboxylic acids is 1. The summed E-state index contributed by atoms with van der Waals surface area (Å²) < 4.78 is 4.62. The van der Waals surface area contributed by atoms with E-state index in [1.165, 1.54) is 17.4 Å². The van der Waals surface area contributed by atoms with Gasteiger partial charge in [0.2, 0.25) is 5.91 Å². The van der Waals surface area contributed by atoms with Crippen LogP contribution in [-0.2, 0) is 16.1 Å². The summed E-state index contributed by atoms with van der Waals surface area (Å²) in [5.74, 6) is -1.10. The molecule has 2 heterocycles. The molecule has 1 aromatic rings. The molecule has 0 spiro atoms. The second kappa shape index (κ2) is 3.72. The van der Waals surface area contributed by atoms with Crippen LogP contribution in [0.3, 0.4) is 0 Å².